The molecule has 1 aliphatic rings. The van der Waals surface area contributed by atoms with E-state index in [0.29, 0.717) is 6.42 Å². The Kier molecular flexibility index (Phi) is 7.75. The van der Waals surface area contributed by atoms with E-state index in [9.17, 15) is 29.7 Å². The number of rotatable bonds is 8. The largest absolute Gasteiger partial charge is 0.390 e. The first-order valence-electron chi connectivity index (χ1n) is 9.52. The van der Waals surface area contributed by atoms with Crippen molar-refractivity contribution in [2.24, 2.45) is 11.7 Å². The highest BCUT2D eigenvalue weighted by molar-refractivity contribution is 7.10. The summed E-state index contributed by atoms with van der Waals surface area (Å²) in [5.41, 5.74) is 3.27. The number of nitrogens with one attached hydrogen (secondary N) is 2. The lowest BCUT2D eigenvalue weighted by Crippen LogP contribution is -2.64. The quantitative estimate of drug-likeness (QED) is 0.313. The van der Waals surface area contributed by atoms with Crippen LogP contribution in [0.4, 0.5) is 0 Å². The van der Waals surface area contributed by atoms with Crippen molar-refractivity contribution in [2.45, 2.75) is 69.4 Å². The van der Waals surface area contributed by atoms with E-state index in [2.05, 4.69) is 10.6 Å². The van der Waals surface area contributed by atoms with Crippen LogP contribution in [0, 0.1) is 5.92 Å². The number of aliphatic hydroxyl groups is 3. The second kappa shape index (κ2) is 9.66. The molecule has 0 radical (unpaired) electrons. The Labute approximate surface area is 173 Å². The fourth-order valence-corrected chi connectivity index (χ4v) is 4.17. The van der Waals surface area contributed by atoms with E-state index < -0.39 is 54.0 Å². The van der Waals surface area contributed by atoms with Crippen molar-refractivity contribution in [3.05, 3.63) is 22.4 Å². The molecule has 0 bridgehead atoms. The Morgan fingerprint density at radius 1 is 1.31 bits per heavy atom. The van der Waals surface area contributed by atoms with Crippen molar-refractivity contribution < 1.29 is 29.7 Å². The van der Waals surface area contributed by atoms with E-state index >= 15 is 0 Å². The van der Waals surface area contributed by atoms with Gasteiger partial charge >= 0.3 is 0 Å². The Morgan fingerprint density at radius 2 is 2.00 bits per heavy atom. The maximum Gasteiger partial charge on any atom is 0.252 e. The SMILES string of the molecule is CC(C)CC(NC(=O)C1(O)CC(O)C(O)C(NC(=O)Cc2cccs2)C1)C(N)=O. The van der Waals surface area contributed by atoms with Gasteiger partial charge in [0, 0.05) is 17.7 Å². The molecule has 2 rings (SSSR count). The van der Waals surface area contributed by atoms with Gasteiger partial charge in [0.15, 0.2) is 0 Å². The smallest absolute Gasteiger partial charge is 0.252 e. The lowest BCUT2D eigenvalue weighted by molar-refractivity contribution is -0.160. The summed E-state index contributed by atoms with van der Waals surface area (Å²) in [7, 11) is 0. The highest BCUT2D eigenvalue weighted by Gasteiger charge is 2.49. The Balaban J connectivity index is 2.07. The number of nitrogens with two attached hydrogens (primary N) is 1. The number of carbonyl (C=O) groups excluding carboxylic acids is 3. The van der Waals surface area contributed by atoms with Crippen LogP contribution in [0.1, 0.15) is 38.0 Å². The lowest BCUT2D eigenvalue weighted by atomic mass is 9.77. The third kappa shape index (κ3) is 6.23. The molecule has 1 aliphatic carbocycles. The van der Waals surface area contributed by atoms with Crippen LogP contribution in [-0.2, 0) is 20.8 Å². The molecule has 0 spiro atoms. The first kappa shape index (κ1) is 23.3. The molecule has 1 fully saturated rings. The highest BCUT2D eigenvalue weighted by Crippen LogP contribution is 2.30. The molecule has 5 atom stereocenters. The van der Waals surface area contributed by atoms with Gasteiger partial charge in [0.05, 0.1) is 18.6 Å². The van der Waals surface area contributed by atoms with Crippen LogP contribution in [0.5, 0.6) is 0 Å². The minimum atomic E-state index is -2.07. The molecule has 1 aromatic heterocycles. The molecule has 0 saturated heterocycles. The van der Waals surface area contributed by atoms with Crippen molar-refractivity contribution in [1.82, 2.24) is 10.6 Å². The van der Waals surface area contributed by atoms with Gasteiger partial charge in [0.1, 0.15) is 17.7 Å². The summed E-state index contributed by atoms with van der Waals surface area (Å²) in [5.74, 6) is -1.92. The third-order valence-corrected chi connectivity index (χ3v) is 5.83. The van der Waals surface area contributed by atoms with Gasteiger partial charge in [0.2, 0.25) is 11.8 Å². The molecule has 3 amide bonds. The topological polar surface area (TPSA) is 162 Å². The van der Waals surface area contributed by atoms with Crippen molar-refractivity contribution in [2.75, 3.05) is 0 Å². The van der Waals surface area contributed by atoms with Gasteiger partial charge in [-0.1, -0.05) is 19.9 Å². The van der Waals surface area contributed by atoms with E-state index in [0.717, 1.165) is 4.88 Å². The molecule has 29 heavy (non-hydrogen) atoms. The molecular weight excluding hydrogens is 398 g/mol. The van der Waals surface area contributed by atoms with Crippen molar-refractivity contribution >= 4 is 29.1 Å². The highest BCUT2D eigenvalue weighted by atomic mass is 32.1. The first-order chi connectivity index (χ1) is 13.5. The molecule has 1 saturated carbocycles. The van der Waals surface area contributed by atoms with E-state index in [1.54, 1.807) is 6.07 Å². The number of aliphatic hydroxyl groups excluding tert-OH is 2. The fraction of sp³-hybridized carbons (Fsp3) is 0.632. The second-order valence-corrected chi connectivity index (χ2v) is 9.02. The van der Waals surface area contributed by atoms with Crippen LogP contribution in [0.25, 0.3) is 0 Å². The molecular formula is C19H29N3O6S. The zero-order chi connectivity index (χ0) is 21.8. The number of hydrogen-bond donors (Lipinski definition) is 6. The number of amides is 3. The number of hydrogen-bond acceptors (Lipinski definition) is 7. The summed E-state index contributed by atoms with van der Waals surface area (Å²) in [4.78, 5) is 37.4. The third-order valence-electron chi connectivity index (χ3n) is 4.95. The number of thiophene rings is 1. The zero-order valence-corrected chi connectivity index (χ0v) is 17.3. The fourth-order valence-electron chi connectivity index (χ4n) is 3.46. The predicted octanol–water partition coefficient (Wildman–Crippen LogP) is -0.962. The van der Waals surface area contributed by atoms with Crippen LogP contribution in [0.2, 0.25) is 0 Å². The maximum absolute atomic E-state index is 12.7. The normalized spacial score (nSPS) is 28.0. The van der Waals surface area contributed by atoms with Crippen LogP contribution < -0.4 is 16.4 Å². The van der Waals surface area contributed by atoms with Crippen molar-refractivity contribution in [1.29, 1.82) is 0 Å². The Hall–Kier alpha value is -2.01. The van der Waals surface area contributed by atoms with Gasteiger partial charge in [-0.25, -0.2) is 0 Å². The summed E-state index contributed by atoms with van der Waals surface area (Å²) < 4.78 is 0. The summed E-state index contributed by atoms with van der Waals surface area (Å²) >= 11 is 1.40. The van der Waals surface area contributed by atoms with E-state index in [1.807, 2.05) is 25.3 Å². The maximum atomic E-state index is 12.7. The van der Waals surface area contributed by atoms with Gasteiger partial charge < -0.3 is 31.7 Å². The minimum absolute atomic E-state index is 0.0745. The monoisotopic (exact) mass is 427 g/mol. The van der Waals surface area contributed by atoms with E-state index in [1.165, 1.54) is 11.3 Å². The summed E-state index contributed by atoms with van der Waals surface area (Å²) in [5, 5.41) is 38.1. The van der Waals surface area contributed by atoms with Gasteiger partial charge in [0.25, 0.3) is 5.91 Å². The number of carbonyl (C=O) groups is 3. The van der Waals surface area contributed by atoms with Crippen LogP contribution in [-0.4, -0.2) is 62.9 Å². The first-order valence-corrected chi connectivity index (χ1v) is 10.4. The Bertz CT molecular complexity index is 726. The standard InChI is InChI=1S/C19H29N3O6S/c1-10(2)6-12(17(20)26)22-18(27)19(28)8-13(16(25)14(23)9-19)21-15(24)7-11-4-3-5-29-11/h3-5,10,12-14,16,23,25,28H,6-9H2,1-2H3,(H2,20,26)(H,21,24)(H,22,27). The summed E-state index contributed by atoms with van der Waals surface area (Å²) in [6.45, 7) is 3.72. The number of primary amides is 1. The molecule has 9 nitrogen and oxygen atoms in total. The molecule has 162 valence electrons. The van der Waals surface area contributed by atoms with E-state index in [-0.39, 0.29) is 18.8 Å². The lowest BCUT2D eigenvalue weighted by Gasteiger charge is -2.41. The zero-order valence-electron chi connectivity index (χ0n) is 16.5. The molecule has 0 aliphatic heterocycles. The molecule has 1 heterocycles. The van der Waals surface area contributed by atoms with Gasteiger partial charge in [-0.3, -0.25) is 14.4 Å². The van der Waals surface area contributed by atoms with Crippen molar-refractivity contribution in [3.63, 3.8) is 0 Å². The van der Waals surface area contributed by atoms with E-state index in [4.69, 9.17) is 5.73 Å². The molecule has 10 heteroatoms. The molecule has 1 aromatic rings. The Morgan fingerprint density at radius 3 is 2.55 bits per heavy atom. The van der Waals surface area contributed by atoms with Gasteiger partial charge in [-0.15, -0.1) is 11.3 Å². The van der Waals surface area contributed by atoms with Gasteiger partial charge in [-0.05, 0) is 23.8 Å². The van der Waals surface area contributed by atoms with Crippen LogP contribution >= 0.6 is 11.3 Å². The molecule has 5 unspecified atom stereocenters. The second-order valence-electron chi connectivity index (χ2n) is 7.99. The van der Waals surface area contributed by atoms with Crippen LogP contribution in [0.3, 0.4) is 0 Å². The summed E-state index contributed by atoms with van der Waals surface area (Å²) in [6.07, 6.45) is -3.12. The minimum Gasteiger partial charge on any atom is -0.390 e. The van der Waals surface area contributed by atoms with Crippen molar-refractivity contribution in [3.8, 4) is 0 Å². The predicted molar refractivity (Wildman–Crippen MR) is 107 cm³/mol. The van der Waals surface area contributed by atoms with Crippen LogP contribution in [0.15, 0.2) is 17.5 Å². The molecule has 0 aromatic carbocycles. The van der Waals surface area contributed by atoms with Gasteiger partial charge in [-0.2, -0.15) is 0 Å². The summed E-state index contributed by atoms with van der Waals surface area (Å²) in [6, 6.07) is 1.60. The average Bonchev–Trinajstić information content (AvgIpc) is 3.11. The average molecular weight is 428 g/mol. The molecule has 7 N–H and O–H groups in total.